The van der Waals surface area contributed by atoms with Gasteiger partial charge in [0.1, 0.15) is 0 Å². The Morgan fingerprint density at radius 3 is 2.44 bits per heavy atom. The number of ether oxygens (including phenoxy) is 2. The van der Waals surface area contributed by atoms with E-state index in [4.69, 9.17) is 9.47 Å². The molecule has 2 nitrogen and oxygen atoms in total. The molecule has 16 heavy (non-hydrogen) atoms. The van der Waals surface area contributed by atoms with Crippen LogP contribution in [0.4, 0.5) is 0 Å². The Bertz CT molecular complexity index is 245. The van der Waals surface area contributed by atoms with Crippen LogP contribution in [0.15, 0.2) is 12.2 Å². The molecule has 0 heterocycles. The Morgan fingerprint density at radius 1 is 1.31 bits per heavy atom. The molecule has 0 aromatic heterocycles. The van der Waals surface area contributed by atoms with Gasteiger partial charge in [0.05, 0.1) is 11.2 Å². The van der Waals surface area contributed by atoms with Crippen molar-refractivity contribution in [3.8, 4) is 0 Å². The van der Waals surface area contributed by atoms with Crippen molar-refractivity contribution in [3.05, 3.63) is 12.2 Å². The van der Waals surface area contributed by atoms with Crippen LogP contribution in [0.3, 0.4) is 0 Å². The van der Waals surface area contributed by atoms with Crippen molar-refractivity contribution in [3.63, 3.8) is 0 Å². The van der Waals surface area contributed by atoms with Gasteiger partial charge in [-0.15, -0.1) is 0 Å². The topological polar surface area (TPSA) is 18.5 Å². The van der Waals surface area contributed by atoms with Gasteiger partial charge in [0, 0.05) is 19.1 Å². The molecule has 2 atom stereocenters. The minimum atomic E-state index is -0.0620. The summed E-state index contributed by atoms with van der Waals surface area (Å²) in [6.45, 7) is 12.2. The van der Waals surface area contributed by atoms with Gasteiger partial charge < -0.3 is 9.47 Å². The highest BCUT2D eigenvalue weighted by molar-refractivity contribution is 5.10. The average Bonchev–Trinajstić information content (AvgIpc) is 2.18. The third-order valence-electron chi connectivity index (χ3n) is 3.52. The second kappa shape index (κ2) is 5.33. The highest BCUT2D eigenvalue weighted by Crippen LogP contribution is 2.35. The average molecular weight is 226 g/mol. The van der Waals surface area contributed by atoms with Crippen LogP contribution in [-0.2, 0) is 9.47 Å². The maximum absolute atomic E-state index is 5.80. The number of hydrogen-bond donors (Lipinski definition) is 0. The lowest BCUT2D eigenvalue weighted by molar-refractivity contribution is -0.0591. The third kappa shape index (κ3) is 3.33. The zero-order valence-corrected chi connectivity index (χ0v) is 11.4. The largest absolute Gasteiger partial charge is 0.375 e. The minimum absolute atomic E-state index is 0.0568. The first-order valence-corrected chi connectivity index (χ1v) is 6.41. The maximum Gasteiger partial charge on any atom is 0.0834 e. The molecule has 0 aromatic carbocycles. The molecule has 0 aromatic rings. The van der Waals surface area contributed by atoms with Crippen LogP contribution < -0.4 is 0 Å². The van der Waals surface area contributed by atoms with E-state index in [1.165, 1.54) is 0 Å². The van der Waals surface area contributed by atoms with E-state index in [0.717, 1.165) is 26.1 Å². The summed E-state index contributed by atoms with van der Waals surface area (Å²) >= 11 is 0. The summed E-state index contributed by atoms with van der Waals surface area (Å²) in [5.74, 6) is 0.501. The summed E-state index contributed by atoms with van der Waals surface area (Å²) in [5.41, 5.74) is -0.119. The monoisotopic (exact) mass is 226 g/mol. The molecular weight excluding hydrogens is 200 g/mol. The van der Waals surface area contributed by atoms with Crippen LogP contribution in [0.25, 0.3) is 0 Å². The molecule has 0 amide bonds. The smallest absolute Gasteiger partial charge is 0.0834 e. The fraction of sp³-hybridized carbons (Fsp3) is 0.857. The Morgan fingerprint density at radius 2 is 2.00 bits per heavy atom. The molecule has 0 saturated carbocycles. The van der Waals surface area contributed by atoms with Crippen molar-refractivity contribution < 1.29 is 9.47 Å². The van der Waals surface area contributed by atoms with Crippen LogP contribution in [0.2, 0.25) is 0 Å². The number of rotatable bonds is 5. The van der Waals surface area contributed by atoms with E-state index in [0.29, 0.717) is 5.92 Å². The fourth-order valence-corrected chi connectivity index (χ4v) is 2.45. The summed E-state index contributed by atoms with van der Waals surface area (Å²) in [7, 11) is 0. The summed E-state index contributed by atoms with van der Waals surface area (Å²) in [4.78, 5) is 0. The van der Waals surface area contributed by atoms with Crippen LogP contribution in [0.5, 0.6) is 0 Å². The quantitative estimate of drug-likeness (QED) is 0.667. The van der Waals surface area contributed by atoms with Crippen molar-refractivity contribution >= 4 is 0 Å². The predicted octanol–water partition coefficient (Wildman–Crippen LogP) is 3.56. The maximum atomic E-state index is 5.80. The van der Waals surface area contributed by atoms with Gasteiger partial charge in [-0.05, 0) is 47.5 Å². The van der Waals surface area contributed by atoms with E-state index < -0.39 is 0 Å². The Hall–Kier alpha value is -0.340. The molecule has 0 saturated heterocycles. The van der Waals surface area contributed by atoms with Gasteiger partial charge in [-0.3, -0.25) is 0 Å². The van der Waals surface area contributed by atoms with Crippen molar-refractivity contribution in [2.24, 2.45) is 5.92 Å². The molecule has 0 radical (unpaired) electrons. The van der Waals surface area contributed by atoms with E-state index in [2.05, 4.69) is 46.8 Å². The van der Waals surface area contributed by atoms with Crippen LogP contribution in [-0.4, -0.2) is 24.4 Å². The number of hydrogen-bond acceptors (Lipinski definition) is 2. The van der Waals surface area contributed by atoms with E-state index in [-0.39, 0.29) is 11.2 Å². The van der Waals surface area contributed by atoms with Gasteiger partial charge in [0.15, 0.2) is 0 Å². The zero-order valence-electron chi connectivity index (χ0n) is 11.4. The molecule has 1 rings (SSSR count). The van der Waals surface area contributed by atoms with Gasteiger partial charge in [-0.1, -0.05) is 12.2 Å². The fourth-order valence-electron chi connectivity index (χ4n) is 2.45. The van der Waals surface area contributed by atoms with Gasteiger partial charge >= 0.3 is 0 Å². The molecule has 0 fully saturated rings. The molecule has 1 aliphatic carbocycles. The highest BCUT2D eigenvalue weighted by Gasteiger charge is 2.34. The van der Waals surface area contributed by atoms with Gasteiger partial charge in [-0.2, -0.15) is 0 Å². The molecule has 94 valence electrons. The Balaban J connectivity index is 2.64. The normalized spacial score (nSPS) is 30.7. The van der Waals surface area contributed by atoms with Gasteiger partial charge in [0.25, 0.3) is 0 Å². The second-order valence-electron chi connectivity index (χ2n) is 5.29. The first kappa shape index (κ1) is 13.7. The van der Waals surface area contributed by atoms with Gasteiger partial charge in [0.2, 0.25) is 0 Å². The lowest BCUT2D eigenvalue weighted by atomic mass is 9.78. The lowest BCUT2D eigenvalue weighted by Crippen LogP contribution is -2.39. The first-order valence-electron chi connectivity index (χ1n) is 6.41. The van der Waals surface area contributed by atoms with Crippen LogP contribution in [0, 0.1) is 5.92 Å². The zero-order chi connectivity index (χ0) is 12.2. The second-order valence-corrected chi connectivity index (χ2v) is 5.29. The molecule has 2 unspecified atom stereocenters. The SMILES string of the molecule is CCOC1(C)C=CC(C(C)(C)OCC)CC1. The highest BCUT2D eigenvalue weighted by atomic mass is 16.5. The summed E-state index contributed by atoms with van der Waals surface area (Å²) < 4.78 is 11.6. The van der Waals surface area contributed by atoms with Crippen LogP contribution >= 0.6 is 0 Å². The van der Waals surface area contributed by atoms with Crippen molar-refractivity contribution in [2.45, 2.75) is 58.7 Å². The van der Waals surface area contributed by atoms with Crippen molar-refractivity contribution in [1.29, 1.82) is 0 Å². The van der Waals surface area contributed by atoms with E-state index >= 15 is 0 Å². The summed E-state index contributed by atoms with van der Waals surface area (Å²) in [5, 5.41) is 0. The Kier molecular flexibility index (Phi) is 4.57. The van der Waals surface area contributed by atoms with Crippen LogP contribution in [0.1, 0.15) is 47.5 Å². The standard InChI is InChI=1S/C14H26O2/c1-6-15-13(3,4)12-8-10-14(5,11-9-12)16-7-2/h8,10,12H,6-7,9,11H2,1-5H3. The molecule has 1 aliphatic rings. The molecular formula is C14H26O2. The molecule has 2 heteroatoms. The first-order chi connectivity index (χ1) is 7.43. The minimum Gasteiger partial charge on any atom is -0.375 e. The van der Waals surface area contributed by atoms with E-state index in [1.807, 2.05) is 0 Å². The van der Waals surface area contributed by atoms with Crippen molar-refractivity contribution in [1.82, 2.24) is 0 Å². The van der Waals surface area contributed by atoms with E-state index in [1.54, 1.807) is 0 Å². The van der Waals surface area contributed by atoms with Crippen molar-refractivity contribution in [2.75, 3.05) is 13.2 Å². The molecule has 0 spiro atoms. The van der Waals surface area contributed by atoms with E-state index in [9.17, 15) is 0 Å². The molecule has 0 aliphatic heterocycles. The molecule has 0 N–H and O–H groups in total. The van der Waals surface area contributed by atoms with Gasteiger partial charge in [-0.25, -0.2) is 0 Å². The summed E-state index contributed by atoms with van der Waals surface area (Å²) in [6.07, 6.45) is 6.71. The Labute approximate surface area is 100 Å². The lowest BCUT2D eigenvalue weighted by Gasteiger charge is -2.39. The third-order valence-corrected chi connectivity index (χ3v) is 3.52. The predicted molar refractivity (Wildman–Crippen MR) is 67.6 cm³/mol. The summed E-state index contributed by atoms with van der Waals surface area (Å²) in [6, 6.07) is 0. The molecule has 0 bridgehead atoms.